The summed E-state index contributed by atoms with van der Waals surface area (Å²) >= 11 is 5.91. The molecular formula is C17H18ClN5O3. The van der Waals surface area contributed by atoms with Crippen LogP contribution in [0.1, 0.15) is 19.2 Å². The molecule has 26 heavy (non-hydrogen) atoms. The van der Waals surface area contributed by atoms with Crippen LogP contribution in [0.4, 0.5) is 0 Å². The number of rotatable bonds is 6. The van der Waals surface area contributed by atoms with Crippen molar-refractivity contribution < 1.29 is 5.11 Å². The maximum atomic E-state index is 11.9. The zero-order chi connectivity index (χ0) is 18.7. The summed E-state index contributed by atoms with van der Waals surface area (Å²) in [5.41, 5.74) is -0.221. The molecule has 0 aliphatic heterocycles. The van der Waals surface area contributed by atoms with Gasteiger partial charge in [0.15, 0.2) is 5.82 Å². The van der Waals surface area contributed by atoms with Gasteiger partial charge in [0.05, 0.1) is 19.2 Å². The molecule has 3 aromatic rings. The van der Waals surface area contributed by atoms with Crippen LogP contribution in [0.5, 0.6) is 0 Å². The van der Waals surface area contributed by atoms with Crippen LogP contribution in [0.2, 0.25) is 5.02 Å². The van der Waals surface area contributed by atoms with Gasteiger partial charge in [0.1, 0.15) is 5.82 Å². The summed E-state index contributed by atoms with van der Waals surface area (Å²) in [7, 11) is 0. The zero-order valence-electron chi connectivity index (χ0n) is 14.1. The van der Waals surface area contributed by atoms with Gasteiger partial charge in [-0.25, -0.2) is 14.5 Å². The lowest BCUT2D eigenvalue weighted by molar-refractivity contribution is 0.143. The molecule has 136 valence electrons. The summed E-state index contributed by atoms with van der Waals surface area (Å²) in [5.74, 6) is 0.967. The molecule has 2 heterocycles. The quantitative estimate of drug-likeness (QED) is 0.674. The van der Waals surface area contributed by atoms with Crippen LogP contribution in [0.15, 0.2) is 46.1 Å². The highest BCUT2D eigenvalue weighted by Crippen LogP contribution is 2.19. The Labute approximate surface area is 153 Å². The molecule has 1 atom stereocenters. The van der Waals surface area contributed by atoms with Crippen molar-refractivity contribution in [2.75, 3.05) is 0 Å². The van der Waals surface area contributed by atoms with Crippen LogP contribution >= 0.6 is 11.6 Å². The van der Waals surface area contributed by atoms with Crippen molar-refractivity contribution in [2.45, 2.75) is 32.5 Å². The molecule has 0 unspecified atom stereocenters. The zero-order valence-corrected chi connectivity index (χ0v) is 14.8. The molecule has 2 aromatic heterocycles. The summed E-state index contributed by atoms with van der Waals surface area (Å²) in [6.45, 7) is 2.24. The van der Waals surface area contributed by atoms with E-state index in [1.54, 1.807) is 28.9 Å². The molecule has 0 bridgehead atoms. The van der Waals surface area contributed by atoms with Gasteiger partial charge in [-0.3, -0.25) is 14.3 Å². The maximum Gasteiger partial charge on any atom is 0.328 e. The van der Waals surface area contributed by atoms with Crippen LogP contribution < -0.4 is 11.2 Å². The molecule has 0 saturated carbocycles. The molecule has 0 fully saturated rings. The average molecular weight is 376 g/mol. The molecule has 9 heteroatoms. The Morgan fingerprint density at radius 1 is 1.23 bits per heavy atom. The minimum atomic E-state index is -0.583. The van der Waals surface area contributed by atoms with Crippen LogP contribution in [0.3, 0.4) is 0 Å². The maximum absolute atomic E-state index is 11.9. The van der Waals surface area contributed by atoms with Crippen molar-refractivity contribution in [1.29, 1.82) is 0 Å². The van der Waals surface area contributed by atoms with Gasteiger partial charge >= 0.3 is 5.69 Å². The van der Waals surface area contributed by atoms with Crippen LogP contribution in [-0.4, -0.2) is 35.5 Å². The number of hydrogen-bond donors (Lipinski definition) is 2. The van der Waals surface area contributed by atoms with E-state index in [0.717, 1.165) is 5.56 Å². The Kier molecular flexibility index (Phi) is 5.34. The van der Waals surface area contributed by atoms with Crippen molar-refractivity contribution in [3.8, 4) is 11.4 Å². The molecule has 8 nitrogen and oxygen atoms in total. The molecule has 0 spiro atoms. The predicted octanol–water partition coefficient (Wildman–Crippen LogP) is 1.27. The van der Waals surface area contributed by atoms with E-state index in [9.17, 15) is 14.7 Å². The number of aliphatic hydroxyl groups excluding tert-OH is 1. The van der Waals surface area contributed by atoms with E-state index in [-0.39, 0.29) is 13.1 Å². The average Bonchev–Trinajstić information content (AvgIpc) is 3.00. The molecule has 1 aromatic carbocycles. The van der Waals surface area contributed by atoms with E-state index in [0.29, 0.717) is 23.1 Å². The minimum Gasteiger partial charge on any atom is -0.391 e. The Hall–Kier alpha value is -2.71. The smallest absolute Gasteiger partial charge is 0.328 e. The fraction of sp³-hybridized carbons (Fsp3) is 0.294. The number of H-pyrrole nitrogens is 1. The second kappa shape index (κ2) is 7.67. The highest BCUT2D eigenvalue weighted by atomic mass is 35.5. The number of nitrogens with zero attached hydrogens (tertiary/aromatic N) is 4. The van der Waals surface area contributed by atoms with Gasteiger partial charge in [-0.1, -0.05) is 18.5 Å². The highest BCUT2D eigenvalue weighted by molar-refractivity contribution is 6.30. The molecule has 3 rings (SSSR count). The Morgan fingerprint density at radius 2 is 1.96 bits per heavy atom. The van der Waals surface area contributed by atoms with E-state index < -0.39 is 17.4 Å². The first kappa shape index (κ1) is 18.1. The van der Waals surface area contributed by atoms with Crippen molar-refractivity contribution in [1.82, 2.24) is 24.3 Å². The number of aromatic amines is 1. The largest absolute Gasteiger partial charge is 0.391 e. The molecule has 0 aliphatic carbocycles. The van der Waals surface area contributed by atoms with E-state index >= 15 is 0 Å². The Bertz CT molecular complexity index is 1010. The van der Waals surface area contributed by atoms with Gasteiger partial charge in [0.2, 0.25) is 0 Å². The number of halogens is 1. The molecule has 2 N–H and O–H groups in total. The fourth-order valence-electron chi connectivity index (χ4n) is 2.41. The Balaban J connectivity index is 1.99. The monoisotopic (exact) mass is 375 g/mol. The number of nitrogens with one attached hydrogen (secondary N) is 1. The normalized spacial score (nSPS) is 12.3. The van der Waals surface area contributed by atoms with E-state index in [1.807, 2.05) is 6.92 Å². The third kappa shape index (κ3) is 4.09. The van der Waals surface area contributed by atoms with Crippen LogP contribution in [0, 0.1) is 0 Å². The summed E-state index contributed by atoms with van der Waals surface area (Å²) < 4.78 is 2.90. The summed E-state index contributed by atoms with van der Waals surface area (Å²) in [5, 5.41) is 15.0. The lowest BCUT2D eigenvalue weighted by Crippen LogP contribution is -2.30. The number of benzene rings is 1. The standard InChI is InChI=1S/C17H18ClN5O3/c1-2-13(24)9-23-14(10-22-8-7-15(25)20-17(22)26)19-16(21-23)11-3-5-12(18)6-4-11/h3-8,13,24H,2,9-10H2,1H3,(H,20,25,26)/t13-/m0/s1. The van der Waals surface area contributed by atoms with E-state index in [1.165, 1.54) is 16.8 Å². The van der Waals surface area contributed by atoms with Gasteiger partial charge in [-0.15, -0.1) is 0 Å². The van der Waals surface area contributed by atoms with Crippen molar-refractivity contribution >= 4 is 11.6 Å². The van der Waals surface area contributed by atoms with Gasteiger partial charge in [0, 0.05) is 22.8 Å². The summed E-state index contributed by atoms with van der Waals surface area (Å²) in [4.78, 5) is 29.9. The summed E-state index contributed by atoms with van der Waals surface area (Å²) in [6.07, 6.45) is 1.38. The highest BCUT2D eigenvalue weighted by Gasteiger charge is 2.15. The number of aromatic nitrogens is 5. The van der Waals surface area contributed by atoms with Crippen LogP contribution in [0.25, 0.3) is 11.4 Å². The first-order chi connectivity index (χ1) is 12.5. The van der Waals surface area contributed by atoms with Crippen molar-refractivity contribution in [2.24, 2.45) is 0 Å². The third-order valence-electron chi connectivity index (χ3n) is 3.91. The van der Waals surface area contributed by atoms with Gasteiger partial charge in [0.25, 0.3) is 5.56 Å². The molecule has 0 saturated heterocycles. The topological polar surface area (TPSA) is 106 Å². The first-order valence-electron chi connectivity index (χ1n) is 8.13. The second-order valence-electron chi connectivity index (χ2n) is 5.84. The van der Waals surface area contributed by atoms with Crippen LogP contribution in [-0.2, 0) is 13.1 Å². The number of aliphatic hydroxyl groups is 1. The first-order valence-corrected chi connectivity index (χ1v) is 8.51. The SMILES string of the molecule is CC[C@H](O)Cn1nc(-c2ccc(Cl)cc2)nc1Cn1ccc(=O)[nH]c1=O. The molecule has 0 aliphatic rings. The molecular weight excluding hydrogens is 358 g/mol. The van der Waals surface area contributed by atoms with Crippen molar-refractivity contribution in [3.05, 3.63) is 68.2 Å². The summed E-state index contributed by atoms with van der Waals surface area (Å²) in [6, 6.07) is 8.35. The lowest BCUT2D eigenvalue weighted by Gasteiger charge is -2.10. The van der Waals surface area contributed by atoms with E-state index in [2.05, 4.69) is 15.1 Å². The minimum absolute atomic E-state index is 0.118. The second-order valence-corrected chi connectivity index (χ2v) is 6.28. The van der Waals surface area contributed by atoms with Crippen molar-refractivity contribution in [3.63, 3.8) is 0 Å². The van der Waals surface area contributed by atoms with E-state index in [4.69, 9.17) is 11.6 Å². The molecule has 0 amide bonds. The van der Waals surface area contributed by atoms with Gasteiger partial charge in [-0.2, -0.15) is 5.10 Å². The third-order valence-corrected chi connectivity index (χ3v) is 4.17. The number of hydrogen-bond acceptors (Lipinski definition) is 5. The Morgan fingerprint density at radius 3 is 2.62 bits per heavy atom. The van der Waals surface area contributed by atoms with Gasteiger partial charge in [-0.05, 0) is 30.7 Å². The fourth-order valence-corrected chi connectivity index (χ4v) is 2.53. The lowest BCUT2D eigenvalue weighted by atomic mass is 10.2. The molecule has 0 radical (unpaired) electrons. The predicted molar refractivity (Wildman–Crippen MR) is 97.2 cm³/mol. The van der Waals surface area contributed by atoms with Gasteiger partial charge < -0.3 is 5.11 Å².